The number of hydrogen-bond donors (Lipinski definition) is 2. The SMILES string of the molecule is CC(=O)NC(COC(=O)CCCO[N+](=O)[O-])C(=O)OCc1ccc(S)cc1. The summed E-state index contributed by atoms with van der Waals surface area (Å²) in [4.78, 5) is 49.8. The third-order valence-corrected chi connectivity index (χ3v) is 3.41. The molecule has 0 saturated carbocycles. The van der Waals surface area contributed by atoms with Gasteiger partial charge in [-0.25, -0.2) is 4.79 Å². The van der Waals surface area contributed by atoms with Crippen molar-refractivity contribution in [3.63, 3.8) is 0 Å². The third-order valence-electron chi connectivity index (χ3n) is 3.11. The van der Waals surface area contributed by atoms with Gasteiger partial charge >= 0.3 is 11.9 Å². The van der Waals surface area contributed by atoms with Gasteiger partial charge in [0.05, 0.1) is 6.61 Å². The lowest BCUT2D eigenvalue weighted by atomic mass is 10.2. The average Bonchev–Trinajstić information content (AvgIpc) is 2.61. The molecule has 1 atom stereocenters. The van der Waals surface area contributed by atoms with Crippen molar-refractivity contribution < 1.29 is 33.8 Å². The normalized spacial score (nSPS) is 11.2. The van der Waals surface area contributed by atoms with Crippen molar-refractivity contribution >= 4 is 30.5 Å². The summed E-state index contributed by atoms with van der Waals surface area (Å²) in [6.45, 7) is 0.533. The molecule has 27 heavy (non-hydrogen) atoms. The highest BCUT2D eigenvalue weighted by Gasteiger charge is 2.23. The molecule has 0 radical (unpaired) electrons. The Morgan fingerprint density at radius 3 is 2.48 bits per heavy atom. The van der Waals surface area contributed by atoms with E-state index in [1.807, 2.05) is 0 Å². The summed E-state index contributed by atoms with van der Waals surface area (Å²) in [5, 5.41) is 11.4. The Morgan fingerprint density at radius 2 is 1.89 bits per heavy atom. The molecular formula is C16H20N2O8S. The van der Waals surface area contributed by atoms with Gasteiger partial charge in [-0.15, -0.1) is 22.7 Å². The second-order valence-electron chi connectivity index (χ2n) is 5.37. The summed E-state index contributed by atoms with van der Waals surface area (Å²) in [7, 11) is 0. The Hall–Kier alpha value is -2.82. The molecule has 0 aliphatic heterocycles. The van der Waals surface area contributed by atoms with Crippen LogP contribution in [0, 0.1) is 10.1 Å². The van der Waals surface area contributed by atoms with E-state index < -0.39 is 35.6 Å². The molecule has 0 aliphatic rings. The minimum Gasteiger partial charge on any atom is -0.463 e. The van der Waals surface area contributed by atoms with Gasteiger partial charge < -0.3 is 19.6 Å². The first-order valence-corrected chi connectivity index (χ1v) is 8.37. The van der Waals surface area contributed by atoms with Crippen LogP contribution >= 0.6 is 12.6 Å². The topological polar surface area (TPSA) is 134 Å². The monoisotopic (exact) mass is 400 g/mol. The average molecular weight is 400 g/mol. The molecule has 1 aromatic rings. The maximum absolute atomic E-state index is 12.1. The highest BCUT2D eigenvalue weighted by molar-refractivity contribution is 7.80. The lowest BCUT2D eigenvalue weighted by molar-refractivity contribution is -0.757. The van der Waals surface area contributed by atoms with E-state index in [2.05, 4.69) is 22.8 Å². The van der Waals surface area contributed by atoms with Gasteiger partial charge in [0.15, 0.2) is 6.04 Å². The van der Waals surface area contributed by atoms with E-state index in [-0.39, 0.29) is 26.1 Å². The van der Waals surface area contributed by atoms with Gasteiger partial charge in [0.25, 0.3) is 5.09 Å². The Labute approximate surface area is 160 Å². The number of esters is 2. The lowest BCUT2D eigenvalue weighted by Gasteiger charge is -2.17. The van der Waals surface area contributed by atoms with Crippen molar-refractivity contribution in [1.29, 1.82) is 0 Å². The molecule has 0 aliphatic carbocycles. The maximum Gasteiger partial charge on any atom is 0.332 e. The zero-order valence-electron chi connectivity index (χ0n) is 14.6. The van der Waals surface area contributed by atoms with Gasteiger partial charge in [-0.3, -0.25) is 9.59 Å². The molecule has 1 N–H and O–H groups in total. The number of carbonyl (C=O) groups is 3. The van der Waals surface area contributed by atoms with E-state index in [1.165, 1.54) is 6.92 Å². The molecule has 148 valence electrons. The fraction of sp³-hybridized carbons (Fsp3) is 0.438. The van der Waals surface area contributed by atoms with Crippen molar-refractivity contribution in [2.24, 2.45) is 0 Å². The number of amides is 1. The largest absolute Gasteiger partial charge is 0.463 e. The van der Waals surface area contributed by atoms with Crippen molar-refractivity contribution in [3.05, 3.63) is 39.9 Å². The Bertz CT molecular complexity index is 665. The van der Waals surface area contributed by atoms with E-state index in [0.717, 1.165) is 10.5 Å². The Balaban J connectivity index is 2.45. The molecule has 1 aromatic carbocycles. The van der Waals surface area contributed by atoms with Gasteiger partial charge in [-0.1, -0.05) is 12.1 Å². The number of carbonyl (C=O) groups excluding carboxylic acids is 3. The molecule has 10 nitrogen and oxygen atoms in total. The minimum absolute atomic E-state index is 0.0187. The molecule has 1 amide bonds. The molecule has 0 fully saturated rings. The Morgan fingerprint density at radius 1 is 1.22 bits per heavy atom. The zero-order chi connectivity index (χ0) is 20.2. The van der Waals surface area contributed by atoms with Crippen molar-refractivity contribution in [2.75, 3.05) is 13.2 Å². The molecule has 1 unspecified atom stereocenters. The number of ether oxygens (including phenoxy) is 2. The second-order valence-corrected chi connectivity index (χ2v) is 5.89. The van der Waals surface area contributed by atoms with Crippen molar-refractivity contribution in [3.8, 4) is 0 Å². The molecular weight excluding hydrogens is 380 g/mol. The van der Waals surface area contributed by atoms with Gasteiger partial charge in [-0.2, -0.15) is 0 Å². The summed E-state index contributed by atoms with van der Waals surface area (Å²) in [5.41, 5.74) is 0.727. The van der Waals surface area contributed by atoms with E-state index in [4.69, 9.17) is 9.47 Å². The molecule has 0 spiro atoms. The molecule has 11 heteroatoms. The highest BCUT2D eigenvalue weighted by Crippen LogP contribution is 2.09. The highest BCUT2D eigenvalue weighted by atomic mass is 32.1. The first-order valence-electron chi connectivity index (χ1n) is 7.92. The van der Waals surface area contributed by atoms with E-state index in [0.29, 0.717) is 0 Å². The van der Waals surface area contributed by atoms with Crippen LogP contribution in [-0.2, 0) is 35.3 Å². The van der Waals surface area contributed by atoms with E-state index in [1.54, 1.807) is 24.3 Å². The quantitative estimate of drug-likeness (QED) is 0.185. The van der Waals surface area contributed by atoms with Crippen LogP contribution in [0.5, 0.6) is 0 Å². The van der Waals surface area contributed by atoms with Crippen molar-refractivity contribution in [2.45, 2.75) is 37.3 Å². The van der Waals surface area contributed by atoms with Crippen LogP contribution in [0.15, 0.2) is 29.2 Å². The summed E-state index contributed by atoms with van der Waals surface area (Å²) < 4.78 is 10.0. The summed E-state index contributed by atoms with van der Waals surface area (Å²) >= 11 is 4.15. The molecule has 0 bridgehead atoms. The van der Waals surface area contributed by atoms with E-state index in [9.17, 15) is 24.5 Å². The van der Waals surface area contributed by atoms with Crippen LogP contribution in [0.25, 0.3) is 0 Å². The smallest absolute Gasteiger partial charge is 0.332 e. The van der Waals surface area contributed by atoms with Gasteiger partial charge in [0.2, 0.25) is 5.91 Å². The fourth-order valence-electron chi connectivity index (χ4n) is 1.87. The first kappa shape index (κ1) is 22.2. The number of nitrogens with one attached hydrogen (secondary N) is 1. The number of thiol groups is 1. The summed E-state index contributed by atoms with van der Waals surface area (Å²) in [5.74, 6) is -1.94. The standard InChI is InChI=1S/C16H20N2O8S/c1-11(19)17-14(10-24-15(20)3-2-8-26-18(22)23)16(21)25-9-12-4-6-13(27)7-5-12/h4-7,14,27H,2-3,8-10H2,1H3,(H,17,19). The molecule has 0 aromatic heterocycles. The number of hydrogen-bond acceptors (Lipinski definition) is 9. The maximum atomic E-state index is 12.1. The first-order chi connectivity index (χ1) is 12.8. The van der Waals surface area contributed by atoms with E-state index >= 15 is 0 Å². The number of benzene rings is 1. The minimum atomic E-state index is -1.16. The number of rotatable bonds is 11. The van der Waals surface area contributed by atoms with Crippen LogP contribution in [0.2, 0.25) is 0 Å². The van der Waals surface area contributed by atoms with Crippen LogP contribution in [0.1, 0.15) is 25.3 Å². The molecule has 0 saturated heterocycles. The second kappa shape index (κ2) is 11.7. The van der Waals surface area contributed by atoms with Gasteiger partial charge in [0, 0.05) is 18.2 Å². The summed E-state index contributed by atoms with van der Waals surface area (Å²) in [6.07, 6.45) is -0.0536. The predicted molar refractivity (Wildman–Crippen MR) is 94.2 cm³/mol. The number of nitrogens with zero attached hydrogens (tertiary/aromatic N) is 1. The zero-order valence-corrected chi connectivity index (χ0v) is 15.5. The van der Waals surface area contributed by atoms with Crippen LogP contribution in [0.4, 0.5) is 0 Å². The van der Waals surface area contributed by atoms with Gasteiger partial charge in [0.1, 0.15) is 13.2 Å². The van der Waals surface area contributed by atoms with Crippen LogP contribution in [0.3, 0.4) is 0 Å². The van der Waals surface area contributed by atoms with Crippen LogP contribution in [-0.4, -0.2) is 42.2 Å². The third kappa shape index (κ3) is 10.0. The molecule has 0 heterocycles. The molecule has 1 rings (SSSR count). The predicted octanol–water partition coefficient (Wildman–Crippen LogP) is 1.05. The van der Waals surface area contributed by atoms with Crippen molar-refractivity contribution in [1.82, 2.24) is 5.32 Å². The lowest BCUT2D eigenvalue weighted by Crippen LogP contribution is -2.44. The fourth-order valence-corrected chi connectivity index (χ4v) is 2.01. The van der Waals surface area contributed by atoms with Crippen LogP contribution < -0.4 is 5.32 Å². The van der Waals surface area contributed by atoms with Gasteiger partial charge in [-0.05, 0) is 24.1 Å². The Kier molecular flexibility index (Phi) is 9.65. The summed E-state index contributed by atoms with van der Waals surface area (Å²) in [6, 6.07) is 5.78.